The Balaban J connectivity index is 2.21. The smallest absolute Gasteiger partial charge is 0.405 e. The van der Waals surface area contributed by atoms with Gasteiger partial charge in [-0.05, 0) is 36.9 Å². The van der Waals surface area contributed by atoms with Gasteiger partial charge in [-0.1, -0.05) is 31.5 Å². The van der Waals surface area contributed by atoms with E-state index in [1.54, 1.807) is 18.2 Å². The van der Waals surface area contributed by atoms with E-state index in [4.69, 9.17) is 0 Å². The normalized spacial score (nSPS) is 26.9. The first-order valence-electron chi connectivity index (χ1n) is 6.48. The van der Waals surface area contributed by atoms with Gasteiger partial charge >= 0.3 is 6.36 Å². The lowest BCUT2D eigenvalue weighted by Crippen LogP contribution is -2.47. The van der Waals surface area contributed by atoms with Crippen LogP contribution in [-0.4, -0.2) is 19.5 Å². The summed E-state index contributed by atoms with van der Waals surface area (Å²) >= 11 is 0. The number of nitrogens with one attached hydrogen (secondary N) is 1. The Labute approximate surface area is 111 Å². The van der Waals surface area contributed by atoms with Crippen LogP contribution in [0.2, 0.25) is 0 Å². The molecule has 2 rings (SSSR count). The molecule has 0 heterocycles. The number of hydrogen-bond acceptors (Lipinski definition) is 2. The molecule has 3 unspecified atom stereocenters. The maximum atomic E-state index is 12.4. The van der Waals surface area contributed by atoms with Crippen molar-refractivity contribution in [3.05, 3.63) is 29.8 Å². The molecule has 2 nitrogen and oxygen atoms in total. The molecule has 19 heavy (non-hydrogen) atoms. The SMILES string of the molecule is CCC1C(NC)CC1c1ccccc1OC(F)(F)F. The van der Waals surface area contributed by atoms with Gasteiger partial charge in [0.25, 0.3) is 0 Å². The number of halogens is 3. The second-order valence-electron chi connectivity index (χ2n) is 4.90. The zero-order valence-corrected chi connectivity index (χ0v) is 11.0. The first kappa shape index (κ1) is 14.2. The van der Waals surface area contributed by atoms with Crippen molar-refractivity contribution in [2.24, 2.45) is 5.92 Å². The Morgan fingerprint density at radius 2 is 2.00 bits per heavy atom. The summed E-state index contributed by atoms with van der Waals surface area (Å²) in [7, 11) is 1.89. The van der Waals surface area contributed by atoms with E-state index in [1.165, 1.54) is 6.07 Å². The summed E-state index contributed by atoms with van der Waals surface area (Å²) in [6, 6.07) is 6.84. The number of ether oxygens (including phenoxy) is 1. The predicted octanol–water partition coefficient (Wildman–Crippen LogP) is 3.69. The zero-order chi connectivity index (χ0) is 14.0. The molecule has 1 saturated carbocycles. The van der Waals surface area contributed by atoms with E-state index in [0.717, 1.165) is 12.8 Å². The van der Waals surface area contributed by atoms with Crippen molar-refractivity contribution in [2.75, 3.05) is 7.05 Å². The second kappa shape index (κ2) is 5.41. The summed E-state index contributed by atoms with van der Waals surface area (Å²) in [5, 5.41) is 3.21. The van der Waals surface area contributed by atoms with Gasteiger partial charge in [0.2, 0.25) is 0 Å². The van der Waals surface area contributed by atoms with Gasteiger partial charge in [-0.2, -0.15) is 0 Å². The van der Waals surface area contributed by atoms with Crippen LogP contribution in [0, 0.1) is 5.92 Å². The molecule has 0 bridgehead atoms. The highest BCUT2D eigenvalue weighted by Crippen LogP contribution is 2.47. The molecule has 1 fully saturated rings. The Bertz CT molecular complexity index is 433. The number of benzene rings is 1. The Hall–Kier alpha value is -1.23. The molecule has 106 valence electrons. The van der Waals surface area contributed by atoms with Gasteiger partial charge in [0, 0.05) is 6.04 Å². The summed E-state index contributed by atoms with van der Waals surface area (Å²) in [5.41, 5.74) is 0.665. The molecule has 3 atom stereocenters. The van der Waals surface area contributed by atoms with E-state index in [9.17, 15) is 13.2 Å². The van der Waals surface area contributed by atoms with Crippen LogP contribution in [0.15, 0.2) is 24.3 Å². The standard InChI is InChI=1S/C14H18F3NO/c1-3-9-11(8-12(9)18-2)10-6-4-5-7-13(10)19-14(15,16)17/h4-7,9,11-12,18H,3,8H2,1-2H3. The van der Waals surface area contributed by atoms with Crippen LogP contribution in [0.4, 0.5) is 13.2 Å². The number of alkyl halides is 3. The third-order valence-electron chi connectivity index (χ3n) is 3.93. The van der Waals surface area contributed by atoms with Gasteiger partial charge < -0.3 is 10.1 Å². The first-order valence-corrected chi connectivity index (χ1v) is 6.48. The van der Waals surface area contributed by atoms with Crippen molar-refractivity contribution >= 4 is 0 Å². The number of rotatable bonds is 4. The molecule has 1 aliphatic rings. The molecule has 1 aliphatic carbocycles. The highest BCUT2D eigenvalue weighted by Gasteiger charge is 2.42. The zero-order valence-electron chi connectivity index (χ0n) is 11.0. The van der Waals surface area contributed by atoms with Crippen LogP contribution in [0.1, 0.15) is 31.2 Å². The number of hydrogen-bond donors (Lipinski definition) is 1. The largest absolute Gasteiger partial charge is 0.573 e. The van der Waals surface area contributed by atoms with Crippen molar-refractivity contribution in [3.8, 4) is 5.75 Å². The van der Waals surface area contributed by atoms with Crippen molar-refractivity contribution in [3.63, 3.8) is 0 Å². The summed E-state index contributed by atoms with van der Waals surface area (Å²) in [6.45, 7) is 2.06. The van der Waals surface area contributed by atoms with Crippen LogP contribution in [0.3, 0.4) is 0 Å². The molecule has 0 spiro atoms. The van der Waals surface area contributed by atoms with E-state index < -0.39 is 6.36 Å². The van der Waals surface area contributed by atoms with E-state index in [1.807, 2.05) is 7.05 Å². The Morgan fingerprint density at radius 1 is 1.32 bits per heavy atom. The first-order chi connectivity index (χ1) is 8.96. The minimum Gasteiger partial charge on any atom is -0.405 e. The molecular weight excluding hydrogens is 255 g/mol. The Kier molecular flexibility index (Phi) is 4.04. The van der Waals surface area contributed by atoms with Gasteiger partial charge in [0.1, 0.15) is 5.75 Å². The fourth-order valence-corrected chi connectivity index (χ4v) is 2.97. The average molecular weight is 273 g/mol. The highest BCUT2D eigenvalue weighted by molar-refractivity contribution is 5.39. The van der Waals surface area contributed by atoms with E-state index in [-0.39, 0.29) is 11.7 Å². The van der Waals surface area contributed by atoms with Crippen molar-refractivity contribution in [1.82, 2.24) is 5.32 Å². The van der Waals surface area contributed by atoms with Crippen molar-refractivity contribution in [2.45, 2.75) is 38.1 Å². The predicted molar refractivity (Wildman–Crippen MR) is 67.1 cm³/mol. The summed E-state index contributed by atoms with van der Waals surface area (Å²) < 4.78 is 41.3. The third-order valence-corrected chi connectivity index (χ3v) is 3.93. The highest BCUT2D eigenvalue weighted by atomic mass is 19.4. The van der Waals surface area contributed by atoms with Crippen LogP contribution < -0.4 is 10.1 Å². The third kappa shape index (κ3) is 3.03. The summed E-state index contributed by atoms with van der Waals surface area (Å²) in [4.78, 5) is 0. The second-order valence-corrected chi connectivity index (χ2v) is 4.90. The lowest BCUT2D eigenvalue weighted by molar-refractivity contribution is -0.275. The monoisotopic (exact) mass is 273 g/mol. The maximum absolute atomic E-state index is 12.4. The minimum absolute atomic E-state index is 0.0620. The fraction of sp³-hybridized carbons (Fsp3) is 0.571. The molecule has 0 aromatic heterocycles. The molecule has 1 N–H and O–H groups in total. The van der Waals surface area contributed by atoms with Crippen molar-refractivity contribution in [1.29, 1.82) is 0 Å². The molecular formula is C14H18F3NO. The molecule has 1 aromatic carbocycles. The maximum Gasteiger partial charge on any atom is 0.573 e. The van der Waals surface area contributed by atoms with E-state index >= 15 is 0 Å². The van der Waals surface area contributed by atoms with Gasteiger partial charge in [0.15, 0.2) is 0 Å². The van der Waals surface area contributed by atoms with E-state index in [2.05, 4.69) is 17.0 Å². The van der Waals surface area contributed by atoms with Crippen LogP contribution >= 0.6 is 0 Å². The van der Waals surface area contributed by atoms with Crippen LogP contribution in [0.25, 0.3) is 0 Å². The quantitative estimate of drug-likeness (QED) is 0.903. The molecule has 0 saturated heterocycles. The van der Waals surface area contributed by atoms with Crippen molar-refractivity contribution < 1.29 is 17.9 Å². The summed E-state index contributed by atoms with van der Waals surface area (Å²) in [6.07, 6.45) is -2.84. The minimum atomic E-state index is -4.63. The number of para-hydroxylation sites is 1. The van der Waals surface area contributed by atoms with Gasteiger partial charge in [0.05, 0.1) is 0 Å². The molecule has 0 aliphatic heterocycles. The van der Waals surface area contributed by atoms with Gasteiger partial charge in [-0.25, -0.2) is 0 Å². The average Bonchev–Trinajstić information content (AvgIpc) is 2.29. The fourth-order valence-electron chi connectivity index (χ4n) is 2.97. The Morgan fingerprint density at radius 3 is 2.58 bits per heavy atom. The topological polar surface area (TPSA) is 21.3 Å². The molecule has 0 amide bonds. The van der Waals surface area contributed by atoms with Gasteiger partial charge in [-0.3, -0.25) is 0 Å². The van der Waals surface area contributed by atoms with Crippen LogP contribution in [-0.2, 0) is 0 Å². The molecule has 0 radical (unpaired) electrons. The van der Waals surface area contributed by atoms with Gasteiger partial charge in [-0.15, -0.1) is 13.2 Å². The lowest BCUT2D eigenvalue weighted by atomic mass is 9.65. The molecule has 5 heteroatoms. The van der Waals surface area contributed by atoms with E-state index in [0.29, 0.717) is 17.5 Å². The summed E-state index contributed by atoms with van der Waals surface area (Å²) in [5.74, 6) is 0.442. The van der Waals surface area contributed by atoms with Crippen LogP contribution in [0.5, 0.6) is 5.75 Å². The lowest BCUT2D eigenvalue weighted by Gasteiger charge is -2.45. The molecule has 1 aromatic rings.